The van der Waals surface area contributed by atoms with E-state index in [1.807, 2.05) is 18.2 Å². The van der Waals surface area contributed by atoms with Crippen LogP contribution < -0.4 is 4.57 Å². The molecule has 0 radical (unpaired) electrons. The number of rotatable bonds is 3. The Hall–Kier alpha value is -2.21. The molecule has 0 saturated heterocycles. The van der Waals surface area contributed by atoms with Crippen LogP contribution in [0.1, 0.15) is 22.3 Å². The zero-order valence-electron chi connectivity index (χ0n) is 10.3. The van der Waals surface area contributed by atoms with Crippen LogP contribution in [0.5, 0.6) is 5.88 Å². The van der Waals surface area contributed by atoms with Gasteiger partial charge in [0.25, 0.3) is 11.3 Å². The average molecular weight is 274 g/mol. The Morgan fingerprint density at radius 3 is 3.05 bits per heavy atom. The summed E-state index contributed by atoms with van der Waals surface area (Å²) in [6.45, 7) is 1.95. The second-order valence-electron chi connectivity index (χ2n) is 4.21. The highest BCUT2D eigenvalue weighted by molar-refractivity contribution is 7.09. The number of carbonyl (C=O) groups is 1. The summed E-state index contributed by atoms with van der Waals surface area (Å²) in [6.07, 6.45) is 3.53. The third-order valence-corrected chi connectivity index (χ3v) is 3.72. The van der Waals surface area contributed by atoms with E-state index in [-0.39, 0.29) is 11.7 Å². The van der Waals surface area contributed by atoms with E-state index in [0.717, 1.165) is 10.5 Å². The fourth-order valence-electron chi connectivity index (χ4n) is 2.15. The molecule has 0 aliphatic carbocycles. The third-order valence-electron chi connectivity index (χ3n) is 2.95. The number of ketones is 1. The lowest BCUT2D eigenvalue weighted by Gasteiger charge is -1.95. The average Bonchev–Trinajstić information content (AvgIpc) is 2.97. The zero-order valence-corrected chi connectivity index (χ0v) is 11.1. The summed E-state index contributed by atoms with van der Waals surface area (Å²) < 4.78 is 3.42. The maximum atomic E-state index is 11.7. The Kier molecular flexibility index (Phi) is 2.79. The maximum absolute atomic E-state index is 11.7. The first-order valence-electron chi connectivity index (χ1n) is 5.78. The topological polar surface area (TPSA) is 58.5 Å². The number of fused-ring (bicyclic) bond motifs is 1. The van der Waals surface area contributed by atoms with Crippen molar-refractivity contribution >= 4 is 22.8 Å². The minimum Gasteiger partial charge on any atom is -0.475 e. The van der Waals surface area contributed by atoms with Crippen LogP contribution in [0.4, 0.5) is 0 Å². The van der Waals surface area contributed by atoms with Crippen molar-refractivity contribution in [1.82, 2.24) is 9.38 Å². The highest BCUT2D eigenvalue weighted by Crippen LogP contribution is 2.18. The molecule has 3 aromatic heterocycles. The van der Waals surface area contributed by atoms with E-state index in [0.29, 0.717) is 12.2 Å². The molecule has 0 aromatic carbocycles. The molecular formula is C13H12N3O2S+. The summed E-state index contributed by atoms with van der Waals surface area (Å²) in [5.74, 6) is -0.172. The van der Waals surface area contributed by atoms with Crippen LogP contribution in [0.2, 0.25) is 0 Å². The molecule has 0 aliphatic heterocycles. The zero-order chi connectivity index (χ0) is 13.4. The number of Topliss-reactive ketones (excluding diaryl/α,β-unsaturated/α-hetero) is 1. The Morgan fingerprint density at radius 1 is 1.53 bits per heavy atom. The number of imidazole rings is 1. The molecule has 3 rings (SSSR count). The summed E-state index contributed by atoms with van der Waals surface area (Å²) in [7, 11) is 0. The van der Waals surface area contributed by atoms with Crippen molar-refractivity contribution in [2.45, 2.75) is 13.5 Å². The van der Waals surface area contributed by atoms with Gasteiger partial charge >= 0.3 is 5.88 Å². The standard InChI is InChI=1S/C13H11N3O2S/c1-9(17)12-13(18)16(7-10-6-14-8-19-10)11-4-2-3-5-15(11)12/h2-6,8H,7H2,1H3/p+1. The quantitative estimate of drug-likeness (QED) is 0.583. The largest absolute Gasteiger partial charge is 0.475 e. The third kappa shape index (κ3) is 1.90. The first-order chi connectivity index (χ1) is 9.18. The first kappa shape index (κ1) is 11.9. The van der Waals surface area contributed by atoms with E-state index in [1.54, 1.807) is 26.9 Å². The minimum absolute atomic E-state index is 0.00731. The monoisotopic (exact) mass is 274 g/mol. The van der Waals surface area contributed by atoms with Crippen molar-refractivity contribution in [2.24, 2.45) is 0 Å². The number of thiazole rings is 1. The normalized spacial score (nSPS) is 11.0. The van der Waals surface area contributed by atoms with Gasteiger partial charge in [-0.3, -0.25) is 9.78 Å². The predicted molar refractivity (Wildman–Crippen MR) is 70.5 cm³/mol. The smallest absolute Gasteiger partial charge is 0.335 e. The fraction of sp³-hybridized carbons (Fsp3) is 0.154. The van der Waals surface area contributed by atoms with Crippen LogP contribution in [0, 0.1) is 0 Å². The van der Waals surface area contributed by atoms with Crippen molar-refractivity contribution < 1.29 is 14.5 Å². The Morgan fingerprint density at radius 2 is 2.37 bits per heavy atom. The van der Waals surface area contributed by atoms with E-state index in [1.165, 1.54) is 18.3 Å². The van der Waals surface area contributed by atoms with Crippen LogP contribution in [0.3, 0.4) is 0 Å². The molecule has 0 saturated carbocycles. The molecular weight excluding hydrogens is 262 g/mol. The van der Waals surface area contributed by atoms with Crippen molar-refractivity contribution in [1.29, 1.82) is 0 Å². The van der Waals surface area contributed by atoms with Crippen molar-refractivity contribution in [3.8, 4) is 5.88 Å². The van der Waals surface area contributed by atoms with Gasteiger partial charge in [0, 0.05) is 19.2 Å². The lowest BCUT2D eigenvalue weighted by atomic mass is 10.3. The molecule has 5 nitrogen and oxygen atoms in total. The summed E-state index contributed by atoms with van der Waals surface area (Å²) in [6, 6.07) is 5.57. The SMILES string of the molecule is CC(=O)c1c(O)[n+](Cc2cncs2)c2ccccn12. The maximum Gasteiger partial charge on any atom is 0.335 e. The molecule has 96 valence electrons. The van der Waals surface area contributed by atoms with Crippen LogP contribution in [0.15, 0.2) is 36.1 Å². The molecule has 3 heterocycles. The molecule has 0 fully saturated rings. The predicted octanol–water partition coefficient (Wildman–Crippen LogP) is 1.64. The van der Waals surface area contributed by atoms with Gasteiger partial charge in [-0.05, 0) is 6.07 Å². The van der Waals surface area contributed by atoms with Crippen LogP contribution in [0.25, 0.3) is 5.65 Å². The van der Waals surface area contributed by atoms with Crippen molar-refractivity contribution in [2.75, 3.05) is 0 Å². The Labute approximate surface area is 113 Å². The molecule has 3 aromatic rings. The van der Waals surface area contributed by atoms with Gasteiger partial charge in [0.1, 0.15) is 6.54 Å². The molecule has 1 N–H and O–H groups in total. The Balaban J connectivity index is 2.23. The molecule has 19 heavy (non-hydrogen) atoms. The second-order valence-corrected chi connectivity index (χ2v) is 5.18. The molecule has 0 aliphatic rings. The summed E-state index contributed by atoms with van der Waals surface area (Å²) >= 11 is 1.52. The lowest BCUT2D eigenvalue weighted by Crippen LogP contribution is -2.33. The van der Waals surface area contributed by atoms with Gasteiger partial charge in [0.15, 0.2) is 0 Å². The number of aromatic hydroxyl groups is 1. The summed E-state index contributed by atoms with van der Waals surface area (Å²) in [5.41, 5.74) is 2.83. The van der Waals surface area contributed by atoms with E-state index in [2.05, 4.69) is 4.98 Å². The highest BCUT2D eigenvalue weighted by atomic mass is 32.1. The van der Waals surface area contributed by atoms with Gasteiger partial charge in [-0.15, -0.1) is 11.3 Å². The minimum atomic E-state index is -0.165. The van der Waals surface area contributed by atoms with Crippen LogP contribution >= 0.6 is 11.3 Å². The van der Waals surface area contributed by atoms with E-state index in [4.69, 9.17) is 0 Å². The lowest BCUT2D eigenvalue weighted by molar-refractivity contribution is -0.667. The molecule has 0 atom stereocenters. The number of nitrogens with zero attached hydrogens (tertiary/aromatic N) is 3. The molecule has 0 unspecified atom stereocenters. The fourth-order valence-corrected chi connectivity index (χ4v) is 2.73. The van der Waals surface area contributed by atoms with E-state index in [9.17, 15) is 9.90 Å². The molecule has 0 amide bonds. The second kappa shape index (κ2) is 4.47. The van der Waals surface area contributed by atoms with Gasteiger partial charge in [-0.25, -0.2) is 0 Å². The Bertz CT molecular complexity index is 747. The van der Waals surface area contributed by atoms with Gasteiger partial charge < -0.3 is 5.11 Å². The number of hydrogen-bond acceptors (Lipinski definition) is 4. The van der Waals surface area contributed by atoms with Gasteiger partial charge in [0.2, 0.25) is 5.78 Å². The van der Waals surface area contributed by atoms with Gasteiger partial charge in [-0.2, -0.15) is 8.97 Å². The summed E-state index contributed by atoms with van der Waals surface area (Å²) in [4.78, 5) is 16.7. The highest BCUT2D eigenvalue weighted by Gasteiger charge is 2.28. The number of carbonyl (C=O) groups excluding carboxylic acids is 1. The van der Waals surface area contributed by atoms with E-state index < -0.39 is 0 Å². The molecule has 6 heteroatoms. The van der Waals surface area contributed by atoms with Crippen molar-refractivity contribution in [3.05, 3.63) is 46.7 Å². The number of hydrogen-bond donors (Lipinski definition) is 1. The van der Waals surface area contributed by atoms with E-state index >= 15 is 0 Å². The first-order valence-corrected chi connectivity index (χ1v) is 6.66. The van der Waals surface area contributed by atoms with Gasteiger partial charge in [-0.1, -0.05) is 6.07 Å². The molecule has 0 spiro atoms. The molecule has 0 bridgehead atoms. The summed E-state index contributed by atoms with van der Waals surface area (Å²) in [5, 5.41) is 10.3. The van der Waals surface area contributed by atoms with Crippen LogP contribution in [-0.4, -0.2) is 20.3 Å². The van der Waals surface area contributed by atoms with Gasteiger partial charge in [0.05, 0.1) is 16.6 Å². The number of pyridine rings is 1. The van der Waals surface area contributed by atoms with Crippen LogP contribution in [-0.2, 0) is 6.54 Å². The van der Waals surface area contributed by atoms with Crippen molar-refractivity contribution in [3.63, 3.8) is 0 Å². The number of aromatic nitrogens is 3.